The first kappa shape index (κ1) is 18.6. The van der Waals surface area contributed by atoms with Crippen molar-refractivity contribution in [3.63, 3.8) is 0 Å². The van der Waals surface area contributed by atoms with Crippen LogP contribution in [-0.2, 0) is 20.7 Å². The van der Waals surface area contributed by atoms with Crippen LogP contribution in [0.1, 0.15) is 44.2 Å². The van der Waals surface area contributed by atoms with Crippen molar-refractivity contribution in [2.75, 3.05) is 6.61 Å². The van der Waals surface area contributed by atoms with Crippen LogP contribution < -0.4 is 10.6 Å². The molecule has 0 radical (unpaired) electrons. The van der Waals surface area contributed by atoms with Crippen molar-refractivity contribution in [3.8, 4) is 0 Å². The smallest absolute Gasteiger partial charge is 0.321 e. The average molecular weight is 417 g/mol. The molecule has 8 nitrogen and oxygen atoms in total. The maximum atomic E-state index is 12.3. The molecule has 4 saturated carbocycles. The lowest BCUT2D eigenvalue weighted by molar-refractivity contribution is -0.147. The van der Waals surface area contributed by atoms with Gasteiger partial charge in [0, 0.05) is 23.3 Å². The Hall–Kier alpha value is -2.42. The van der Waals surface area contributed by atoms with Crippen molar-refractivity contribution in [2.45, 2.75) is 50.5 Å². The highest BCUT2D eigenvalue weighted by atomic mass is 32.1. The van der Waals surface area contributed by atoms with Crippen LogP contribution in [0.5, 0.6) is 0 Å². The number of hydrogen-bond donors (Lipinski definition) is 2. The van der Waals surface area contributed by atoms with E-state index >= 15 is 0 Å². The first-order chi connectivity index (χ1) is 14.0. The predicted molar refractivity (Wildman–Crippen MR) is 105 cm³/mol. The van der Waals surface area contributed by atoms with E-state index in [2.05, 4.69) is 15.6 Å². The summed E-state index contributed by atoms with van der Waals surface area (Å²) in [5.41, 5.74) is 0.422. The Morgan fingerprint density at radius 1 is 1.17 bits per heavy atom. The van der Waals surface area contributed by atoms with Gasteiger partial charge in [-0.2, -0.15) is 0 Å². The van der Waals surface area contributed by atoms with Crippen LogP contribution >= 0.6 is 11.3 Å². The molecule has 2 heterocycles. The zero-order valence-corrected chi connectivity index (χ0v) is 16.9. The van der Waals surface area contributed by atoms with Gasteiger partial charge in [0.2, 0.25) is 0 Å². The van der Waals surface area contributed by atoms with Crippen molar-refractivity contribution < 1.29 is 19.1 Å². The van der Waals surface area contributed by atoms with E-state index in [4.69, 9.17) is 4.74 Å². The highest BCUT2D eigenvalue weighted by Gasteiger charge is 2.51. The van der Waals surface area contributed by atoms with Crippen LogP contribution in [0, 0.1) is 17.8 Å². The molecule has 9 heteroatoms. The number of carbonyl (C=O) groups is 3. The van der Waals surface area contributed by atoms with Gasteiger partial charge in [-0.25, -0.2) is 9.78 Å². The van der Waals surface area contributed by atoms with Gasteiger partial charge in [-0.1, -0.05) is 0 Å². The molecule has 2 aromatic heterocycles. The van der Waals surface area contributed by atoms with Crippen LogP contribution in [0.25, 0.3) is 4.96 Å². The summed E-state index contributed by atoms with van der Waals surface area (Å²) < 4.78 is 6.83. The second-order valence-corrected chi connectivity index (χ2v) is 9.74. The molecule has 2 aromatic rings. The molecule has 2 N–H and O–H groups in total. The Labute approximate surface area is 172 Å². The summed E-state index contributed by atoms with van der Waals surface area (Å²) in [6.45, 7) is -0.477. The summed E-state index contributed by atoms with van der Waals surface area (Å²) in [6, 6.07) is -0.484. The van der Waals surface area contributed by atoms with E-state index in [0.29, 0.717) is 23.4 Å². The summed E-state index contributed by atoms with van der Waals surface area (Å²) in [5, 5.41) is 7.29. The normalized spacial score (nSPS) is 29.7. The van der Waals surface area contributed by atoms with Gasteiger partial charge < -0.3 is 10.1 Å². The van der Waals surface area contributed by atoms with Crippen molar-refractivity contribution >= 4 is 34.2 Å². The van der Waals surface area contributed by atoms with E-state index < -0.39 is 24.5 Å². The van der Waals surface area contributed by atoms with E-state index in [-0.39, 0.29) is 12.0 Å². The van der Waals surface area contributed by atoms with E-state index in [1.807, 2.05) is 16.0 Å². The maximum Gasteiger partial charge on any atom is 0.321 e. The highest BCUT2D eigenvalue weighted by molar-refractivity contribution is 7.15. The topological polar surface area (TPSA) is 102 Å². The number of carbonyl (C=O) groups excluding carboxylic acids is 3. The minimum atomic E-state index is -0.619. The van der Waals surface area contributed by atoms with Gasteiger partial charge in [-0.3, -0.25) is 19.3 Å². The Bertz CT molecular complexity index is 901. The second-order valence-electron chi connectivity index (χ2n) is 8.86. The van der Waals surface area contributed by atoms with Crippen molar-refractivity contribution in [3.05, 3.63) is 23.5 Å². The number of esters is 1. The van der Waals surface area contributed by atoms with Crippen LogP contribution in [0.4, 0.5) is 4.79 Å². The number of rotatable bonds is 5. The largest absolute Gasteiger partial charge is 0.455 e. The molecule has 0 unspecified atom stereocenters. The first-order valence-electron chi connectivity index (χ1n) is 10.1. The fourth-order valence-electron chi connectivity index (χ4n) is 5.90. The SMILES string of the molecule is O=C(COC(=O)Cc1cn2ccsc2n1)NC(=O)NC12CC3CC(CC(C3)C1)C2. The number of thiazole rings is 1. The summed E-state index contributed by atoms with van der Waals surface area (Å²) >= 11 is 1.47. The van der Waals surface area contributed by atoms with Crippen LogP contribution in [-0.4, -0.2) is 39.4 Å². The van der Waals surface area contributed by atoms with E-state index in [1.165, 1.54) is 30.6 Å². The van der Waals surface area contributed by atoms with Crippen LogP contribution in [0.3, 0.4) is 0 Å². The van der Waals surface area contributed by atoms with Crippen molar-refractivity contribution in [2.24, 2.45) is 17.8 Å². The average Bonchev–Trinajstić information content (AvgIpc) is 3.19. The Kier molecular flexibility index (Phi) is 4.57. The zero-order chi connectivity index (χ0) is 20.0. The summed E-state index contributed by atoms with van der Waals surface area (Å²) in [4.78, 5) is 41.4. The third-order valence-electron chi connectivity index (χ3n) is 6.50. The first-order valence-corrected chi connectivity index (χ1v) is 11.0. The minimum Gasteiger partial charge on any atom is -0.455 e. The third kappa shape index (κ3) is 3.88. The molecule has 0 atom stereocenters. The molecule has 154 valence electrons. The number of amides is 3. The minimum absolute atomic E-state index is 0.0127. The molecule has 0 spiro atoms. The molecule has 4 aliphatic carbocycles. The van der Waals surface area contributed by atoms with Gasteiger partial charge in [0.1, 0.15) is 0 Å². The van der Waals surface area contributed by atoms with Gasteiger partial charge in [0.25, 0.3) is 5.91 Å². The fourth-order valence-corrected chi connectivity index (χ4v) is 6.62. The molecule has 4 fully saturated rings. The number of fused-ring (bicyclic) bond motifs is 1. The number of ether oxygens (including phenoxy) is 1. The van der Waals surface area contributed by atoms with E-state index in [0.717, 1.165) is 24.2 Å². The van der Waals surface area contributed by atoms with Gasteiger partial charge in [-0.15, -0.1) is 11.3 Å². The molecule has 0 saturated heterocycles. The monoisotopic (exact) mass is 416 g/mol. The van der Waals surface area contributed by atoms with Crippen LogP contribution in [0.15, 0.2) is 17.8 Å². The Balaban J connectivity index is 1.08. The van der Waals surface area contributed by atoms with Crippen molar-refractivity contribution in [1.29, 1.82) is 0 Å². The molecule has 3 amide bonds. The zero-order valence-electron chi connectivity index (χ0n) is 16.1. The molecular weight excluding hydrogens is 392 g/mol. The van der Waals surface area contributed by atoms with Gasteiger partial charge in [0.05, 0.1) is 12.1 Å². The summed E-state index contributed by atoms with van der Waals surface area (Å²) in [6.07, 6.45) is 10.5. The van der Waals surface area contributed by atoms with Gasteiger partial charge >= 0.3 is 12.0 Å². The quantitative estimate of drug-likeness (QED) is 0.728. The molecular formula is C20H24N4O4S. The highest BCUT2D eigenvalue weighted by Crippen LogP contribution is 2.55. The van der Waals surface area contributed by atoms with Gasteiger partial charge in [-0.05, 0) is 56.3 Å². The number of urea groups is 1. The maximum absolute atomic E-state index is 12.3. The van der Waals surface area contributed by atoms with Crippen molar-refractivity contribution in [1.82, 2.24) is 20.0 Å². The Morgan fingerprint density at radius 2 is 1.86 bits per heavy atom. The summed E-state index contributed by atoms with van der Waals surface area (Å²) in [5.74, 6) is 0.947. The van der Waals surface area contributed by atoms with E-state index in [1.54, 1.807) is 6.20 Å². The second kappa shape index (κ2) is 7.12. The number of imidazole rings is 1. The standard InChI is InChI=1S/C20H24N4O4S/c25-16(11-28-17(26)6-15-10-24-1-2-29-19(24)21-15)22-18(27)23-20-7-12-3-13(8-20)5-14(4-12)9-20/h1-2,10,12-14H,3-9,11H2,(H2,22,23,25,27). The van der Waals surface area contributed by atoms with Crippen LogP contribution in [0.2, 0.25) is 0 Å². The predicted octanol–water partition coefficient (Wildman–Crippen LogP) is 2.28. The number of nitrogens with one attached hydrogen (secondary N) is 2. The Morgan fingerprint density at radius 3 is 2.52 bits per heavy atom. The molecule has 0 aromatic carbocycles. The third-order valence-corrected chi connectivity index (χ3v) is 7.27. The fraction of sp³-hybridized carbons (Fsp3) is 0.600. The van der Waals surface area contributed by atoms with E-state index in [9.17, 15) is 14.4 Å². The molecule has 4 aliphatic rings. The van der Waals surface area contributed by atoms with Gasteiger partial charge in [0.15, 0.2) is 11.6 Å². The number of hydrogen-bond acceptors (Lipinski definition) is 6. The molecule has 0 aliphatic heterocycles. The lowest BCUT2D eigenvalue weighted by Gasteiger charge is -2.56. The summed E-state index contributed by atoms with van der Waals surface area (Å²) in [7, 11) is 0. The number of imide groups is 1. The molecule has 29 heavy (non-hydrogen) atoms. The molecule has 4 bridgehead atoms. The number of nitrogens with zero attached hydrogens (tertiary/aromatic N) is 2. The lowest BCUT2D eigenvalue weighted by atomic mass is 9.53. The number of aromatic nitrogens is 2. The molecule has 6 rings (SSSR count). The lowest BCUT2D eigenvalue weighted by Crippen LogP contribution is -2.62.